The van der Waals surface area contributed by atoms with Gasteiger partial charge in [0.2, 0.25) is 0 Å². The van der Waals surface area contributed by atoms with Crippen LogP contribution in [0.25, 0.3) is 0 Å². The fourth-order valence-electron chi connectivity index (χ4n) is 3.55. The molecular formula is C20H26ClN3. The monoisotopic (exact) mass is 343 g/mol. The molecule has 1 aromatic heterocycles. The molecule has 0 radical (unpaired) electrons. The number of halogens is 1. The van der Waals surface area contributed by atoms with E-state index < -0.39 is 0 Å². The fraction of sp³-hybridized carbons (Fsp3) is 0.450. The minimum atomic E-state index is 0.439. The van der Waals surface area contributed by atoms with E-state index in [9.17, 15) is 0 Å². The zero-order chi connectivity index (χ0) is 17.1. The molecule has 4 heteroatoms. The van der Waals surface area contributed by atoms with Crippen LogP contribution in [-0.2, 0) is 6.54 Å². The lowest BCUT2D eigenvalue weighted by atomic mass is 9.91. The highest BCUT2D eigenvalue weighted by Gasteiger charge is 2.27. The number of nitrogens with zero attached hydrogens (tertiary/aromatic N) is 3. The predicted octanol–water partition coefficient (Wildman–Crippen LogP) is 4.35. The molecule has 0 aliphatic carbocycles. The Morgan fingerprint density at radius 2 is 2.00 bits per heavy atom. The number of benzene rings is 1. The van der Waals surface area contributed by atoms with E-state index in [1.54, 1.807) is 6.20 Å². The summed E-state index contributed by atoms with van der Waals surface area (Å²) in [5.41, 5.74) is 4.16. The van der Waals surface area contributed by atoms with Crippen molar-refractivity contribution in [3.63, 3.8) is 0 Å². The Labute approximate surface area is 150 Å². The molecule has 0 bridgehead atoms. The standard InChI is InChI=1S/C20H26ClN3/c1-15(2)17-6-4-5-7-18(17)19-14-24(11-10-23(19)3)13-16-8-9-22-20(21)12-16/h4-9,12,15,19H,10-11,13-14H2,1-3H3. The summed E-state index contributed by atoms with van der Waals surface area (Å²) in [4.78, 5) is 9.08. The highest BCUT2D eigenvalue weighted by atomic mass is 35.5. The average Bonchev–Trinajstić information content (AvgIpc) is 2.56. The van der Waals surface area contributed by atoms with E-state index in [1.807, 2.05) is 6.07 Å². The highest BCUT2D eigenvalue weighted by Crippen LogP contribution is 2.31. The van der Waals surface area contributed by atoms with Gasteiger partial charge in [0.05, 0.1) is 0 Å². The third kappa shape index (κ3) is 3.97. The lowest BCUT2D eigenvalue weighted by molar-refractivity contribution is 0.0899. The van der Waals surface area contributed by atoms with Gasteiger partial charge in [-0.25, -0.2) is 4.98 Å². The minimum Gasteiger partial charge on any atom is -0.297 e. The number of likely N-dealkylation sites (N-methyl/N-ethyl adjacent to an activating group) is 1. The Morgan fingerprint density at radius 3 is 2.75 bits per heavy atom. The van der Waals surface area contributed by atoms with Crippen molar-refractivity contribution in [1.82, 2.24) is 14.8 Å². The molecule has 2 heterocycles. The number of pyridine rings is 1. The van der Waals surface area contributed by atoms with E-state index in [2.05, 4.69) is 66.0 Å². The van der Waals surface area contributed by atoms with Crippen LogP contribution in [0.15, 0.2) is 42.6 Å². The van der Waals surface area contributed by atoms with E-state index in [0.29, 0.717) is 17.1 Å². The van der Waals surface area contributed by atoms with E-state index >= 15 is 0 Å². The van der Waals surface area contributed by atoms with Crippen molar-refractivity contribution in [3.05, 3.63) is 64.4 Å². The van der Waals surface area contributed by atoms with Crippen LogP contribution in [0.2, 0.25) is 5.15 Å². The van der Waals surface area contributed by atoms with E-state index in [4.69, 9.17) is 11.6 Å². The van der Waals surface area contributed by atoms with Crippen LogP contribution in [0.5, 0.6) is 0 Å². The second-order valence-corrected chi connectivity index (χ2v) is 7.39. The van der Waals surface area contributed by atoms with E-state index in [1.165, 1.54) is 16.7 Å². The first-order valence-corrected chi connectivity index (χ1v) is 9.04. The molecule has 24 heavy (non-hydrogen) atoms. The molecule has 0 N–H and O–H groups in total. The second kappa shape index (κ2) is 7.64. The summed E-state index contributed by atoms with van der Waals surface area (Å²) in [6, 6.07) is 13.3. The van der Waals surface area contributed by atoms with Gasteiger partial charge in [-0.3, -0.25) is 9.80 Å². The molecule has 128 valence electrons. The van der Waals surface area contributed by atoms with Gasteiger partial charge in [0.25, 0.3) is 0 Å². The van der Waals surface area contributed by atoms with Crippen molar-refractivity contribution in [2.24, 2.45) is 0 Å². The topological polar surface area (TPSA) is 19.4 Å². The van der Waals surface area contributed by atoms with Crippen LogP contribution in [0, 0.1) is 0 Å². The average molecular weight is 344 g/mol. The summed E-state index contributed by atoms with van der Waals surface area (Å²) in [7, 11) is 2.24. The zero-order valence-corrected chi connectivity index (χ0v) is 15.5. The van der Waals surface area contributed by atoms with Crippen LogP contribution < -0.4 is 0 Å². The fourth-order valence-corrected chi connectivity index (χ4v) is 3.75. The van der Waals surface area contributed by atoms with Gasteiger partial charge >= 0.3 is 0 Å². The van der Waals surface area contributed by atoms with Gasteiger partial charge in [-0.2, -0.15) is 0 Å². The van der Waals surface area contributed by atoms with Crippen molar-refractivity contribution in [2.75, 3.05) is 26.7 Å². The number of hydrogen-bond donors (Lipinski definition) is 0. The Bertz CT molecular complexity index is 686. The molecular weight excluding hydrogens is 318 g/mol. The largest absolute Gasteiger partial charge is 0.297 e. The maximum atomic E-state index is 6.03. The molecule has 1 unspecified atom stereocenters. The predicted molar refractivity (Wildman–Crippen MR) is 100 cm³/mol. The van der Waals surface area contributed by atoms with Crippen molar-refractivity contribution in [1.29, 1.82) is 0 Å². The van der Waals surface area contributed by atoms with Crippen LogP contribution in [-0.4, -0.2) is 41.5 Å². The highest BCUT2D eigenvalue weighted by molar-refractivity contribution is 6.29. The molecule has 1 aromatic carbocycles. The first kappa shape index (κ1) is 17.4. The van der Waals surface area contributed by atoms with E-state index in [0.717, 1.165) is 26.2 Å². The Kier molecular flexibility index (Phi) is 5.54. The summed E-state index contributed by atoms with van der Waals surface area (Å²) in [6.45, 7) is 8.68. The first-order valence-electron chi connectivity index (χ1n) is 8.66. The molecule has 1 fully saturated rings. The van der Waals surface area contributed by atoms with Gasteiger partial charge in [-0.05, 0) is 41.8 Å². The van der Waals surface area contributed by atoms with Crippen LogP contribution in [0.4, 0.5) is 0 Å². The van der Waals surface area contributed by atoms with Crippen molar-refractivity contribution in [2.45, 2.75) is 32.4 Å². The zero-order valence-electron chi connectivity index (χ0n) is 14.7. The number of piperazine rings is 1. The summed E-state index contributed by atoms with van der Waals surface area (Å²) < 4.78 is 0. The lowest BCUT2D eigenvalue weighted by Gasteiger charge is -2.40. The second-order valence-electron chi connectivity index (χ2n) is 7.00. The number of rotatable bonds is 4. The Hall–Kier alpha value is -1.42. The third-order valence-corrected chi connectivity index (χ3v) is 5.11. The molecule has 1 aliphatic rings. The normalized spacial score (nSPS) is 19.8. The summed E-state index contributed by atoms with van der Waals surface area (Å²) >= 11 is 6.03. The maximum Gasteiger partial charge on any atom is 0.129 e. The smallest absolute Gasteiger partial charge is 0.129 e. The molecule has 3 nitrogen and oxygen atoms in total. The minimum absolute atomic E-state index is 0.439. The van der Waals surface area contributed by atoms with Gasteiger partial charge < -0.3 is 0 Å². The Balaban J connectivity index is 1.79. The molecule has 2 aromatic rings. The summed E-state index contributed by atoms with van der Waals surface area (Å²) in [6.07, 6.45) is 1.79. The summed E-state index contributed by atoms with van der Waals surface area (Å²) in [5, 5.41) is 0.573. The number of aromatic nitrogens is 1. The molecule has 0 saturated carbocycles. The molecule has 0 spiro atoms. The van der Waals surface area contributed by atoms with Gasteiger partial charge in [-0.1, -0.05) is 49.7 Å². The van der Waals surface area contributed by atoms with Gasteiger partial charge in [0.1, 0.15) is 5.15 Å². The first-order chi connectivity index (χ1) is 11.5. The lowest BCUT2D eigenvalue weighted by Crippen LogP contribution is -2.46. The number of hydrogen-bond acceptors (Lipinski definition) is 3. The summed E-state index contributed by atoms with van der Waals surface area (Å²) in [5.74, 6) is 0.545. The van der Waals surface area contributed by atoms with Crippen molar-refractivity contribution >= 4 is 11.6 Å². The van der Waals surface area contributed by atoms with Crippen LogP contribution >= 0.6 is 11.6 Å². The SMILES string of the molecule is CC(C)c1ccccc1C1CN(Cc2ccnc(Cl)c2)CCN1C. The maximum absolute atomic E-state index is 6.03. The van der Waals surface area contributed by atoms with Crippen LogP contribution in [0.1, 0.15) is 42.5 Å². The third-order valence-electron chi connectivity index (χ3n) is 4.91. The van der Waals surface area contributed by atoms with Gasteiger partial charge in [-0.15, -0.1) is 0 Å². The molecule has 1 atom stereocenters. The van der Waals surface area contributed by atoms with Crippen molar-refractivity contribution in [3.8, 4) is 0 Å². The van der Waals surface area contributed by atoms with Crippen LogP contribution in [0.3, 0.4) is 0 Å². The quantitative estimate of drug-likeness (QED) is 0.769. The van der Waals surface area contributed by atoms with Gasteiger partial charge in [0.15, 0.2) is 0 Å². The molecule has 3 rings (SSSR count). The molecule has 1 saturated heterocycles. The van der Waals surface area contributed by atoms with Crippen molar-refractivity contribution < 1.29 is 0 Å². The molecule has 0 amide bonds. The molecule has 1 aliphatic heterocycles. The van der Waals surface area contributed by atoms with Gasteiger partial charge in [0, 0.05) is 38.4 Å². The Morgan fingerprint density at radius 1 is 1.21 bits per heavy atom. The van der Waals surface area contributed by atoms with E-state index in [-0.39, 0.29) is 0 Å².